The number of Topliss-reactive ketones (excluding diaryl/α,β-unsaturated/α-hetero) is 1. The van der Waals surface area contributed by atoms with Gasteiger partial charge < -0.3 is 4.98 Å². The summed E-state index contributed by atoms with van der Waals surface area (Å²) in [4.78, 5) is 30.3. The normalized spacial score (nSPS) is 11.0. The molecule has 114 valence electrons. The Kier molecular flexibility index (Phi) is 3.97. The Hall–Kier alpha value is -3.28. The fourth-order valence-corrected chi connectivity index (χ4v) is 2.20. The zero-order valence-electron chi connectivity index (χ0n) is 12.4. The van der Waals surface area contributed by atoms with Crippen LogP contribution in [0.25, 0.3) is 10.9 Å². The van der Waals surface area contributed by atoms with Crippen LogP contribution in [-0.4, -0.2) is 27.9 Å². The molecular weight excluding hydrogens is 292 g/mol. The van der Waals surface area contributed by atoms with E-state index in [1.165, 1.54) is 6.92 Å². The Morgan fingerprint density at radius 1 is 1.17 bits per heavy atom. The van der Waals surface area contributed by atoms with Crippen molar-refractivity contribution < 1.29 is 9.59 Å². The third-order valence-electron chi connectivity index (χ3n) is 3.43. The van der Waals surface area contributed by atoms with Gasteiger partial charge in [-0.3, -0.25) is 14.6 Å². The summed E-state index contributed by atoms with van der Waals surface area (Å²) in [6, 6.07) is 8.64. The van der Waals surface area contributed by atoms with Crippen molar-refractivity contribution in [3.05, 3.63) is 65.6 Å². The molecule has 23 heavy (non-hydrogen) atoms. The van der Waals surface area contributed by atoms with Gasteiger partial charge in [-0.1, -0.05) is 0 Å². The Bertz CT molecular complexity index is 897. The largest absolute Gasteiger partial charge is 0.361 e. The third-order valence-corrected chi connectivity index (χ3v) is 3.43. The number of pyridine rings is 1. The highest BCUT2D eigenvalue weighted by Crippen LogP contribution is 2.18. The van der Waals surface area contributed by atoms with E-state index in [1.54, 1.807) is 49.1 Å². The van der Waals surface area contributed by atoms with Crippen molar-refractivity contribution in [3.8, 4) is 0 Å². The van der Waals surface area contributed by atoms with Gasteiger partial charge in [-0.05, 0) is 37.3 Å². The van der Waals surface area contributed by atoms with E-state index in [4.69, 9.17) is 0 Å². The number of H-pyrrole nitrogens is 1. The molecule has 0 unspecified atom stereocenters. The molecule has 3 rings (SSSR count). The summed E-state index contributed by atoms with van der Waals surface area (Å²) in [5.41, 5.74) is 5.26. The number of nitrogens with zero attached hydrogens (tertiary/aromatic N) is 2. The predicted octanol–water partition coefficient (Wildman–Crippen LogP) is 2.53. The Labute approximate surface area is 132 Å². The SMILES string of the molecule is CC(=O)c1ccc2[nH]cc(C=NNC(=O)c3ccncc3)c2c1. The number of carbonyl (C=O) groups is 2. The molecule has 2 aromatic heterocycles. The molecular formula is C17H14N4O2. The molecule has 0 aliphatic heterocycles. The predicted molar refractivity (Wildman–Crippen MR) is 87.6 cm³/mol. The van der Waals surface area contributed by atoms with Gasteiger partial charge in [-0.15, -0.1) is 0 Å². The maximum absolute atomic E-state index is 11.9. The standard InChI is InChI=1S/C17H14N4O2/c1-11(22)13-2-3-16-15(8-13)14(9-19-16)10-20-21-17(23)12-4-6-18-7-5-12/h2-10,19H,1H3,(H,21,23). The van der Waals surface area contributed by atoms with E-state index >= 15 is 0 Å². The zero-order valence-corrected chi connectivity index (χ0v) is 12.4. The molecule has 0 atom stereocenters. The van der Waals surface area contributed by atoms with Crippen LogP contribution in [0.4, 0.5) is 0 Å². The number of aromatic amines is 1. The van der Waals surface area contributed by atoms with Gasteiger partial charge in [0.15, 0.2) is 5.78 Å². The molecule has 6 heteroatoms. The van der Waals surface area contributed by atoms with Crippen LogP contribution >= 0.6 is 0 Å². The molecule has 0 aliphatic carbocycles. The highest BCUT2D eigenvalue weighted by Gasteiger charge is 2.06. The van der Waals surface area contributed by atoms with E-state index in [9.17, 15) is 9.59 Å². The minimum Gasteiger partial charge on any atom is -0.361 e. The van der Waals surface area contributed by atoms with Crippen molar-refractivity contribution >= 4 is 28.8 Å². The smallest absolute Gasteiger partial charge is 0.271 e. The first-order valence-corrected chi connectivity index (χ1v) is 7.00. The van der Waals surface area contributed by atoms with Gasteiger partial charge in [-0.25, -0.2) is 5.43 Å². The van der Waals surface area contributed by atoms with Crippen LogP contribution in [0, 0.1) is 0 Å². The number of rotatable bonds is 4. The second-order valence-corrected chi connectivity index (χ2v) is 5.00. The summed E-state index contributed by atoms with van der Waals surface area (Å²) in [5.74, 6) is -0.310. The molecule has 3 aromatic rings. The van der Waals surface area contributed by atoms with Crippen LogP contribution in [0.5, 0.6) is 0 Å². The number of amides is 1. The van der Waals surface area contributed by atoms with Crippen LogP contribution in [0.1, 0.15) is 33.2 Å². The molecule has 0 fully saturated rings. The van der Waals surface area contributed by atoms with Gasteiger partial charge in [0.25, 0.3) is 5.91 Å². The Morgan fingerprint density at radius 2 is 1.96 bits per heavy atom. The quantitative estimate of drug-likeness (QED) is 0.441. The van der Waals surface area contributed by atoms with Crippen LogP contribution in [0.3, 0.4) is 0 Å². The zero-order chi connectivity index (χ0) is 16.2. The molecule has 2 heterocycles. The van der Waals surface area contributed by atoms with Crippen molar-refractivity contribution in [3.63, 3.8) is 0 Å². The lowest BCUT2D eigenvalue weighted by atomic mass is 10.1. The number of carbonyl (C=O) groups excluding carboxylic acids is 2. The lowest BCUT2D eigenvalue weighted by molar-refractivity contribution is 0.0954. The summed E-state index contributed by atoms with van der Waals surface area (Å²) in [7, 11) is 0. The number of hydrogen-bond acceptors (Lipinski definition) is 4. The van der Waals surface area contributed by atoms with Gasteiger partial charge in [0, 0.05) is 46.2 Å². The first-order chi connectivity index (χ1) is 11.1. The molecule has 6 nitrogen and oxygen atoms in total. The van der Waals surface area contributed by atoms with Crippen molar-refractivity contribution in [1.29, 1.82) is 0 Å². The summed E-state index contributed by atoms with van der Waals surface area (Å²) in [6.07, 6.45) is 6.40. The van der Waals surface area contributed by atoms with Crippen LogP contribution in [-0.2, 0) is 0 Å². The number of hydrogen-bond donors (Lipinski definition) is 2. The highest BCUT2D eigenvalue weighted by molar-refractivity contribution is 6.04. The minimum atomic E-state index is -0.312. The number of ketones is 1. The molecule has 2 N–H and O–H groups in total. The Morgan fingerprint density at radius 3 is 2.70 bits per heavy atom. The lowest BCUT2D eigenvalue weighted by Crippen LogP contribution is -2.17. The fraction of sp³-hybridized carbons (Fsp3) is 0.0588. The van der Waals surface area contributed by atoms with Gasteiger partial charge in [0.1, 0.15) is 0 Å². The molecule has 0 saturated carbocycles. The number of fused-ring (bicyclic) bond motifs is 1. The fourth-order valence-electron chi connectivity index (χ4n) is 2.20. The van der Waals surface area contributed by atoms with Crippen LogP contribution in [0.15, 0.2) is 54.0 Å². The summed E-state index contributed by atoms with van der Waals surface area (Å²) in [6.45, 7) is 1.52. The lowest BCUT2D eigenvalue weighted by Gasteiger charge is -1.99. The number of nitrogens with one attached hydrogen (secondary N) is 2. The topological polar surface area (TPSA) is 87.2 Å². The molecule has 0 bridgehead atoms. The first kappa shape index (κ1) is 14.6. The first-order valence-electron chi connectivity index (χ1n) is 7.00. The molecule has 1 amide bonds. The number of aromatic nitrogens is 2. The van der Waals surface area contributed by atoms with E-state index in [0.717, 1.165) is 16.5 Å². The molecule has 0 radical (unpaired) electrons. The number of hydrazone groups is 1. The van der Waals surface area contributed by atoms with Crippen molar-refractivity contribution in [2.45, 2.75) is 6.92 Å². The van der Waals surface area contributed by atoms with Crippen molar-refractivity contribution in [2.24, 2.45) is 5.10 Å². The average Bonchev–Trinajstić information content (AvgIpc) is 2.98. The summed E-state index contributed by atoms with van der Waals surface area (Å²) < 4.78 is 0. The van der Waals surface area contributed by atoms with Gasteiger partial charge in [0.05, 0.1) is 6.21 Å². The summed E-state index contributed by atoms with van der Waals surface area (Å²) >= 11 is 0. The van der Waals surface area contributed by atoms with E-state index in [2.05, 4.69) is 20.5 Å². The van der Waals surface area contributed by atoms with E-state index in [-0.39, 0.29) is 11.7 Å². The van der Waals surface area contributed by atoms with E-state index in [0.29, 0.717) is 11.1 Å². The minimum absolute atomic E-state index is 0.00183. The van der Waals surface area contributed by atoms with E-state index < -0.39 is 0 Å². The van der Waals surface area contributed by atoms with Gasteiger partial charge in [0.2, 0.25) is 0 Å². The van der Waals surface area contributed by atoms with E-state index in [1.807, 2.05) is 6.07 Å². The second kappa shape index (κ2) is 6.23. The maximum Gasteiger partial charge on any atom is 0.271 e. The molecule has 1 aromatic carbocycles. The van der Waals surface area contributed by atoms with Crippen molar-refractivity contribution in [2.75, 3.05) is 0 Å². The summed E-state index contributed by atoms with van der Waals surface area (Å²) in [5, 5.41) is 4.84. The van der Waals surface area contributed by atoms with Gasteiger partial charge >= 0.3 is 0 Å². The maximum atomic E-state index is 11.9. The third kappa shape index (κ3) is 3.16. The monoisotopic (exact) mass is 306 g/mol. The molecule has 0 spiro atoms. The van der Waals surface area contributed by atoms with Crippen LogP contribution in [0.2, 0.25) is 0 Å². The molecule has 0 aliphatic rings. The number of benzene rings is 1. The van der Waals surface area contributed by atoms with Gasteiger partial charge in [-0.2, -0.15) is 5.10 Å². The Balaban J connectivity index is 1.80. The molecule has 0 saturated heterocycles. The van der Waals surface area contributed by atoms with Crippen LogP contribution < -0.4 is 5.43 Å². The van der Waals surface area contributed by atoms with Crippen molar-refractivity contribution in [1.82, 2.24) is 15.4 Å². The highest BCUT2D eigenvalue weighted by atomic mass is 16.2. The average molecular weight is 306 g/mol. The second-order valence-electron chi connectivity index (χ2n) is 5.00.